The fourth-order valence-corrected chi connectivity index (χ4v) is 6.42. The van der Waals surface area contributed by atoms with Gasteiger partial charge in [-0.15, -0.1) is 0 Å². The Morgan fingerprint density at radius 2 is 0.667 bits per heavy atom. The molecular formula is C41H77N. The Labute approximate surface area is 266 Å². The highest BCUT2D eigenvalue weighted by Gasteiger charge is 2.06. The molecule has 1 aromatic rings. The van der Waals surface area contributed by atoms with Crippen molar-refractivity contribution in [3.05, 3.63) is 35.9 Å². The molecule has 1 aromatic carbocycles. The number of hydrogen-bond donors (Lipinski definition) is 0. The van der Waals surface area contributed by atoms with E-state index in [0.29, 0.717) is 0 Å². The molecule has 1 heteroatoms. The van der Waals surface area contributed by atoms with Gasteiger partial charge in [-0.05, 0) is 43.3 Å². The topological polar surface area (TPSA) is 3.24 Å². The Hall–Kier alpha value is -0.820. The third-order valence-electron chi connectivity index (χ3n) is 9.26. The fraction of sp³-hybridized carbons (Fsp3) is 0.854. The monoisotopic (exact) mass is 584 g/mol. The molecule has 0 unspecified atom stereocenters. The molecule has 1 nitrogen and oxygen atoms in total. The molecule has 0 bridgehead atoms. The van der Waals surface area contributed by atoms with E-state index in [0.717, 1.165) is 18.4 Å². The molecule has 0 aliphatic rings. The van der Waals surface area contributed by atoms with Crippen molar-refractivity contribution in [3.63, 3.8) is 0 Å². The lowest BCUT2D eigenvalue weighted by molar-refractivity contribution is 0.252. The highest BCUT2D eigenvalue weighted by atomic mass is 15.1. The van der Waals surface area contributed by atoms with E-state index in [1.165, 1.54) is 186 Å². The minimum atomic E-state index is 0.885. The van der Waals surface area contributed by atoms with E-state index in [1.54, 1.807) is 0 Å². The smallest absolute Gasteiger partial charge is 0.0233 e. The second kappa shape index (κ2) is 30.2. The van der Waals surface area contributed by atoms with Crippen molar-refractivity contribution in [1.82, 2.24) is 4.90 Å². The van der Waals surface area contributed by atoms with Gasteiger partial charge >= 0.3 is 0 Å². The minimum absolute atomic E-state index is 0.885. The summed E-state index contributed by atoms with van der Waals surface area (Å²) in [6.45, 7) is 13.1. The number of nitrogens with zero attached hydrogens (tertiary/aromatic N) is 1. The van der Waals surface area contributed by atoms with E-state index in [9.17, 15) is 0 Å². The molecule has 1 rings (SSSR count). The van der Waals surface area contributed by atoms with Crippen LogP contribution in [0, 0.1) is 11.8 Å². The van der Waals surface area contributed by atoms with Crippen molar-refractivity contribution < 1.29 is 0 Å². The molecule has 0 heterocycles. The Morgan fingerprint density at radius 3 is 0.976 bits per heavy atom. The van der Waals surface area contributed by atoms with Crippen LogP contribution in [0.25, 0.3) is 0 Å². The maximum Gasteiger partial charge on any atom is 0.0233 e. The molecular weight excluding hydrogens is 506 g/mol. The summed E-state index contributed by atoms with van der Waals surface area (Å²) >= 11 is 0. The lowest BCUT2D eigenvalue weighted by Crippen LogP contribution is -2.25. The molecule has 0 aliphatic heterocycles. The second-order valence-electron chi connectivity index (χ2n) is 14.6. The zero-order chi connectivity index (χ0) is 30.4. The van der Waals surface area contributed by atoms with Gasteiger partial charge in [0, 0.05) is 6.54 Å². The Balaban J connectivity index is 2.01. The molecule has 0 saturated heterocycles. The standard InChI is InChI=1S/C41H77N/c1-39(2)32-26-21-17-13-9-5-7-11-15-19-23-30-36-42(38-41-34-28-25-29-35-41)37-31-24-20-16-12-8-6-10-14-18-22-27-33-40(3)4/h25,28-29,34-35,39-40H,5-24,26-27,30-33,36-38H2,1-4H3. The lowest BCUT2D eigenvalue weighted by Gasteiger charge is -2.22. The molecule has 0 N–H and O–H groups in total. The van der Waals surface area contributed by atoms with Crippen molar-refractivity contribution in [2.45, 2.75) is 201 Å². The van der Waals surface area contributed by atoms with Gasteiger partial charge in [0.2, 0.25) is 0 Å². The molecule has 0 amide bonds. The van der Waals surface area contributed by atoms with Gasteiger partial charge in [0.05, 0.1) is 0 Å². The van der Waals surface area contributed by atoms with Gasteiger partial charge in [-0.3, -0.25) is 4.90 Å². The maximum absolute atomic E-state index is 2.75. The van der Waals surface area contributed by atoms with Gasteiger partial charge in [0.25, 0.3) is 0 Å². The Bertz CT molecular complexity index is 600. The van der Waals surface area contributed by atoms with Crippen LogP contribution in [0.3, 0.4) is 0 Å². The normalized spacial score (nSPS) is 11.9. The average Bonchev–Trinajstić information content (AvgIpc) is 2.97. The molecule has 0 saturated carbocycles. The van der Waals surface area contributed by atoms with E-state index >= 15 is 0 Å². The quantitative estimate of drug-likeness (QED) is 0.0762. The highest BCUT2D eigenvalue weighted by Crippen LogP contribution is 2.17. The van der Waals surface area contributed by atoms with Crippen LogP contribution < -0.4 is 0 Å². The van der Waals surface area contributed by atoms with Crippen molar-refractivity contribution in [1.29, 1.82) is 0 Å². The first-order valence-corrected chi connectivity index (χ1v) is 19.3. The summed E-state index contributed by atoms with van der Waals surface area (Å²) < 4.78 is 0. The molecule has 0 aromatic heterocycles. The predicted octanol–water partition coefficient (Wildman–Crippen LogP) is 13.9. The fourth-order valence-electron chi connectivity index (χ4n) is 6.42. The van der Waals surface area contributed by atoms with E-state index in [4.69, 9.17) is 0 Å². The third-order valence-corrected chi connectivity index (χ3v) is 9.26. The van der Waals surface area contributed by atoms with E-state index < -0.39 is 0 Å². The SMILES string of the molecule is CC(C)CCCCCCCCCCCCCCN(CCCCCCCCCCCCCCC(C)C)Cc1ccccc1. The molecule has 0 atom stereocenters. The summed E-state index contributed by atoms with van der Waals surface area (Å²) in [6.07, 6.45) is 37.6. The number of unbranched alkanes of at least 4 members (excludes halogenated alkanes) is 22. The first kappa shape index (κ1) is 39.2. The third kappa shape index (κ3) is 28.0. The number of rotatable bonds is 32. The van der Waals surface area contributed by atoms with Gasteiger partial charge in [-0.25, -0.2) is 0 Å². The number of hydrogen-bond acceptors (Lipinski definition) is 1. The largest absolute Gasteiger partial charge is 0.299 e. The summed E-state index contributed by atoms with van der Waals surface area (Å²) in [5, 5.41) is 0. The Kier molecular flexibility index (Phi) is 28.2. The van der Waals surface area contributed by atoms with Gasteiger partial charge in [-0.2, -0.15) is 0 Å². The molecule has 246 valence electrons. The van der Waals surface area contributed by atoms with Crippen molar-refractivity contribution in [2.75, 3.05) is 13.1 Å². The van der Waals surface area contributed by atoms with E-state index in [2.05, 4.69) is 62.9 Å². The zero-order valence-electron chi connectivity index (χ0n) is 29.5. The molecule has 0 fully saturated rings. The van der Waals surface area contributed by atoms with Gasteiger partial charge in [0.1, 0.15) is 0 Å². The van der Waals surface area contributed by atoms with E-state index in [1.807, 2.05) is 0 Å². The van der Waals surface area contributed by atoms with Crippen molar-refractivity contribution in [2.24, 2.45) is 11.8 Å². The summed E-state index contributed by atoms with van der Waals surface area (Å²) in [6, 6.07) is 11.2. The summed E-state index contributed by atoms with van der Waals surface area (Å²) in [7, 11) is 0. The average molecular weight is 584 g/mol. The lowest BCUT2D eigenvalue weighted by atomic mass is 10.0. The maximum atomic E-state index is 2.75. The highest BCUT2D eigenvalue weighted by molar-refractivity contribution is 5.14. The predicted molar refractivity (Wildman–Crippen MR) is 191 cm³/mol. The molecule has 42 heavy (non-hydrogen) atoms. The van der Waals surface area contributed by atoms with Gasteiger partial charge in [0.15, 0.2) is 0 Å². The zero-order valence-corrected chi connectivity index (χ0v) is 29.5. The second-order valence-corrected chi connectivity index (χ2v) is 14.6. The summed E-state index contributed by atoms with van der Waals surface area (Å²) in [5.74, 6) is 1.77. The summed E-state index contributed by atoms with van der Waals surface area (Å²) in [4.78, 5) is 2.75. The molecule has 0 radical (unpaired) electrons. The number of benzene rings is 1. The van der Waals surface area contributed by atoms with Gasteiger partial charge < -0.3 is 0 Å². The van der Waals surface area contributed by atoms with Crippen LogP contribution in [0.2, 0.25) is 0 Å². The van der Waals surface area contributed by atoms with Crippen molar-refractivity contribution >= 4 is 0 Å². The van der Waals surface area contributed by atoms with E-state index in [-0.39, 0.29) is 0 Å². The van der Waals surface area contributed by atoms with Crippen LogP contribution in [0.15, 0.2) is 30.3 Å². The summed E-state index contributed by atoms with van der Waals surface area (Å²) in [5.41, 5.74) is 1.48. The van der Waals surface area contributed by atoms with Crippen LogP contribution in [-0.2, 0) is 6.54 Å². The van der Waals surface area contributed by atoms with Crippen LogP contribution in [0.4, 0.5) is 0 Å². The Morgan fingerprint density at radius 1 is 0.381 bits per heavy atom. The van der Waals surface area contributed by atoms with Crippen LogP contribution in [0.5, 0.6) is 0 Å². The van der Waals surface area contributed by atoms with Crippen LogP contribution >= 0.6 is 0 Å². The van der Waals surface area contributed by atoms with Crippen molar-refractivity contribution in [3.8, 4) is 0 Å². The minimum Gasteiger partial charge on any atom is -0.299 e. The van der Waals surface area contributed by atoms with Crippen LogP contribution in [-0.4, -0.2) is 18.0 Å². The molecule has 0 aliphatic carbocycles. The van der Waals surface area contributed by atoms with Crippen LogP contribution in [0.1, 0.15) is 200 Å². The van der Waals surface area contributed by atoms with Gasteiger partial charge in [-0.1, -0.05) is 212 Å². The first-order chi connectivity index (χ1) is 20.6. The first-order valence-electron chi connectivity index (χ1n) is 19.3. The molecule has 0 spiro atoms.